The number of anilines is 1. The number of aliphatic hydroxyl groups excluding tert-OH is 1. The number of hydrogen-bond acceptors (Lipinski definition) is 6. The summed E-state index contributed by atoms with van der Waals surface area (Å²) >= 11 is 7.94. The number of ether oxygens (including phenoxy) is 1. The average molecular weight is 346 g/mol. The van der Waals surface area contributed by atoms with Crippen molar-refractivity contribution in [3.05, 3.63) is 10.0 Å². The van der Waals surface area contributed by atoms with Gasteiger partial charge in [0.05, 0.1) is 16.6 Å². The first-order valence-electron chi connectivity index (χ1n) is 7.75. The lowest BCUT2D eigenvalue weighted by molar-refractivity contribution is -0.0878. The van der Waals surface area contributed by atoms with Crippen LogP contribution in [-0.4, -0.2) is 60.5 Å². The van der Waals surface area contributed by atoms with Crippen molar-refractivity contribution in [3.63, 3.8) is 0 Å². The Bertz CT molecular complexity index is 539. The van der Waals surface area contributed by atoms with E-state index in [2.05, 4.69) is 9.88 Å². The number of fused-ring (bicyclic) bond motifs is 1. The fourth-order valence-electron chi connectivity index (χ4n) is 3.75. The fourth-order valence-corrected chi connectivity index (χ4v) is 4.96. The van der Waals surface area contributed by atoms with Crippen LogP contribution < -0.4 is 4.90 Å². The van der Waals surface area contributed by atoms with Crippen LogP contribution in [0.25, 0.3) is 0 Å². The number of likely N-dealkylation sites (tertiary alicyclic amines) is 1. The van der Waals surface area contributed by atoms with Gasteiger partial charge in [-0.1, -0.05) is 22.9 Å². The van der Waals surface area contributed by atoms with Gasteiger partial charge in [-0.15, -0.1) is 0 Å². The number of aliphatic hydroxyl groups is 1. The Balaban J connectivity index is 1.78. The van der Waals surface area contributed by atoms with E-state index in [4.69, 9.17) is 16.3 Å². The van der Waals surface area contributed by atoms with Crippen LogP contribution in [0.15, 0.2) is 0 Å². The average Bonchev–Trinajstić information content (AvgIpc) is 3.02. The molecule has 1 N–H and O–H groups in total. The molecule has 1 saturated heterocycles. The number of methoxy groups -OCH3 is 1. The second-order valence-electron chi connectivity index (χ2n) is 6.54. The van der Waals surface area contributed by atoms with E-state index in [1.165, 1.54) is 0 Å². The molecule has 0 amide bonds. The normalized spacial score (nSPS) is 32.2. The minimum atomic E-state index is -0.219. The first-order valence-corrected chi connectivity index (χ1v) is 8.94. The Kier molecular flexibility index (Phi) is 4.67. The van der Waals surface area contributed by atoms with Crippen LogP contribution in [0.4, 0.5) is 5.13 Å². The van der Waals surface area contributed by atoms with E-state index in [1.807, 2.05) is 19.0 Å². The zero-order chi connectivity index (χ0) is 15.9. The highest BCUT2D eigenvalue weighted by atomic mass is 35.5. The van der Waals surface area contributed by atoms with Crippen molar-refractivity contribution < 1.29 is 9.84 Å². The van der Waals surface area contributed by atoms with Gasteiger partial charge in [0.2, 0.25) is 0 Å². The lowest BCUT2D eigenvalue weighted by atomic mass is 9.79. The van der Waals surface area contributed by atoms with Crippen molar-refractivity contribution in [2.45, 2.75) is 50.0 Å². The van der Waals surface area contributed by atoms with Crippen LogP contribution in [0.3, 0.4) is 0 Å². The monoisotopic (exact) mass is 345 g/mol. The van der Waals surface area contributed by atoms with Crippen molar-refractivity contribution in [1.82, 2.24) is 9.88 Å². The van der Waals surface area contributed by atoms with Gasteiger partial charge in [-0.3, -0.25) is 4.90 Å². The highest BCUT2D eigenvalue weighted by molar-refractivity contribution is 7.16. The molecule has 2 fully saturated rings. The molecule has 1 saturated carbocycles. The van der Waals surface area contributed by atoms with E-state index < -0.39 is 0 Å². The molecular formula is C15H24ClN3O2S. The fraction of sp³-hybridized carbons (Fsp3) is 0.800. The van der Waals surface area contributed by atoms with Gasteiger partial charge in [0.25, 0.3) is 0 Å². The lowest BCUT2D eigenvalue weighted by Gasteiger charge is -2.42. The van der Waals surface area contributed by atoms with Crippen LogP contribution in [0, 0.1) is 0 Å². The first kappa shape index (κ1) is 16.5. The molecule has 1 aliphatic carbocycles. The summed E-state index contributed by atoms with van der Waals surface area (Å²) in [6.45, 7) is 1.77. The molecule has 0 aromatic carbocycles. The molecule has 2 aliphatic rings. The molecule has 5 nitrogen and oxygen atoms in total. The predicted octanol–water partition coefficient (Wildman–Crippen LogP) is 2.37. The number of rotatable bonds is 4. The van der Waals surface area contributed by atoms with Crippen LogP contribution in [0.5, 0.6) is 0 Å². The summed E-state index contributed by atoms with van der Waals surface area (Å²) in [7, 11) is 5.75. The topological polar surface area (TPSA) is 48.8 Å². The number of thiazole rings is 1. The van der Waals surface area contributed by atoms with Gasteiger partial charge in [0.15, 0.2) is 5.13 Å². The van der Waals surface area contributed by atoms with E-state index in [9.17, 15) is 5.11 Å². The predicted molar refractivity (Wildman–Crippen MR) is 89.9 cm³/mol. The van der Waals surface area contributed by atoms with Gasteiger partial charge in [-0.25, -0.2) is 4.98 Å². The standard InChI is InChI=1S/C15H24ClN3O2S/c1-18(2)14-17-13(16)11(22-14)9-19-7-6-15(21-3)5-4-10(20)8-12(15)19/h10,12,20H,4-9H2,1-3H3/t10-,12+,15-/m1/s1. The smallest absolute Gasteiger partial charge is 0.186 e. The Morgan fingerprint density at radius 2 is 2.27 bits per heavy atom. The maximum atomic E-state index is 10.1. The molecule has 0 bridgehead atoms. The molecule has 0 spiro atoms. The van der Waals surface area contributed by atoms with Gasteiger partial charge in [-0.2, -0.15) is 0 Å². The van der Waals surface area contributed by atoms with Crippen LogP contribution in [0.2, 0.25) is 5.15 Å². The Morgan fingerprint density at radius 1 is 1.50 bits per heavy atom. The Labute approximate surface area is 140 Å². The van der Waals surface area contributed by atoms with Crippen molar-refractivity contribution in [2.24, 2.45) is 0 Å². The SMILES string of the molecule is CO[C@@]12CC[C@@H](O)C[C@@H]1N(Cc1sc(N(C)C)nc1Cl)CC2. The number of halogens is 1. The van der Waals surface area contributed by atoms with Crippen LogP contribution >= 0.6 is 22.9 Å². The van der Waals surface area contributed by atoms with Gasteiger partial charge in [0.1, 0.15) is 5.15 Å². The minimum absolute atomic E-state index is 0.0965. The molecule has 22 heavy (non-hydrogen) atoms. The van der Waals surface area contributed by atoms with Gasteiger partial charge in [0, 0.05) is 40.3 Å². The van der Waals surface area contributed by atoms with Crippen molar-refractivity contribution in [3.8, 4) is 0 Å². The molecule has 3 rings (SSSR count). The van der Waals surface area contributed by atoms with Crippen LogP contribution in [0.1, 0.15) is 30.6 Å². The molecule has 124 valence electrons. The molecule has 0 unspecified atom stereocenters. The summed E-state index contributed by atoms with van der Waals surface area (Å²) in [6.07, 6.45) is 3.36. The highest BCUT2D eigenvalue weighted by Gasteiger charge is 2.50. The van der Waals surface area contributed by atoms with E-state index in [1.54, 1.807) is 18.4 Å². The molecule has 1 aliphatic heterocycles. The number of nitrogens with zero attached hydrogens (tertiary/aromatic N) is 3. The molecule has 1 aromatic heterocycles. The maximum absolute atomic E-state index is 10.1. The third-order valence-electron chi connectivity index (χ3n) is 5.04. The van der Waals surface area contributed by atoms with Gasteiger partial charge in [-0.05, 0) is 25.7 Å². The molecule has 2 heterocycles. The zero-order valence-electron chi connectivity index (χ0n) is 13.4. The summed E-state index contributed by atoms with van der Waals surface area (Å²) in [6, 6.07) is 0.266. The number of aromatic nitrogens is 1. The van der Waals surface area contributed by atoms with E-state index in [0.717, 1.165) is 48.8 Å². The van der Waals surface area contributed by atoms with Gasteiger partial charge < -0.3 is 14.7 Å². The zero-order valence-corrected chi connectivity index (χ0v) is 15.0. The summed E-state index contributed by atoms with van der Waals surface area (Å²) in [5.41, 5.74) is -0.0965. The van der Waals surface area contributed by atoms with Crippen LogP contribution in [-0.2, 0) is 11.3 Å². The highest BCUT2D eigenvalue weighted by Crippen LogP contribution is 2.43. The first-order chi connectivity index (χ1) is 10.4. The van der Waals surface area contributed by atoms with Crippen molar-refractivity contribution >= 4 is 28.1 Å². The molecule has 7 heteroatoms. The van der Waals surface area contributed by atoms with E-state index in [0.29, 0.717) is 5.15 Å². The van der Waals surface area contributed by atoms with Gasteiger partial charge >= 0.3 is 0 Å². The molecular weight excluding hydrogens is 322 g/mol. The second kappa shape index (κ2) is 6.24. The lowest BCUT2D eigenvalue weighted by Crippen LogP contribution is -2.51. The molecule has 0 radical (unpaired) electrons. The largest absolute Gasteiger partial charge is 0.393 e. The van der Waals surface area contributed by atoms with Crippen molar-refractivity contribution in [1.29, 1.82) is 0 Å². The van der Waals surface area contributed by atoms with Crippen molar-refractivity contribution in [2.75, 3.05) is 32.6 Å². The quantitative estimate of drug-likeness (QED) is 0.907. The number of hydrogen-bond donors (Lipinski definition) is 1. The van der Waals surface area contributed by atoms with E-state index >= 15 is 0 Å². The maximum Gasteiger partial charge on any atom is 0.186 e. The third-order valence-corrected chi connectivity index (χ3v) is 6.67. The summed E-state index contributed by atoms with van der Waals surface area (Å²) in [5, 5.41) is 11.6. The molecule has 3 atom stereocenters. The summed E-state index contributed by atoms with van der Waals surface area (Å²) in [4.78, 5) is 9.89. The van der Waals surface area contributed by atoms with E-state index in [-0.39, 0.29) is 17.7 Å². The Morgan fingerprint density at radius 3 is 2.91 bits per heavy atom. The minimum Gasteiger partial charge on any atom is -0.393 e. The Hall–Kier alpha value is -0.400. The molecule has 1 aromatic rings. The third kappa shape index (κ3) is 2.87. The second-order valence-corrected chi connectivity index (χ2v) is 7.96. The summed E-state index contributed by atoms with van der Waals surface area (Å²) in [5.74, 6) is 0. The summed E-state index contributed by atoms with van der Waals surface area (Å²) < 4.78 is 5.89.